The minimum Gasteiger partial charge on any atom is -0.424 e. The highest BCUT2D eigenvalue weighted by atomic mass is 35.5. The van der Waals surface area contributed by atoms with Gasteiger partial charge in [0.2, 0.25) is 11.8 Å². The normalized spacial score (nSPS) is 15.0. The first-order valence-corrected chi connectivity index (χ1v) is 7.32. The Kier molecular flexibility index (Phi) is 3.96. The Hall–Kier alpha value is -1.10. The molecule has 0 unspecified atom stereocenters. The molecule has 0 atom stereocenters. The number of halogens is 2. The maximum atomic E-state index is 6.01. The molecule has 0 spiro atoms. The van der Waals surface area contributed by atoms with Crippen LogP contribution in [0, 0.1) is 0 Å². The van der Waals surface area contributed by atoms with Gasteiger partial charge in [0.15, 0.2) is 0 Å². The van der Waals surface area contributed by atoms with E-state index in [-0.39, 0.29) is 0 Å². The van der Waals surface area contributed by atoms with E-state index in [0.717, 1.165) is 18.0 Å². The lowest BCUT2D eigenvalue weighted by atomic mass is 10.2. The summed E-state index contributed by atoms with van der Waals surface area (Å²) in [5, 5.41) is 9.32. The van der Waals surface area contributed by atoms with Crippen LogP contribution in [0.5, 0.6) is 0 Å². The minimum atomic E-state index is 0.497. The molecule has 20 heavy (non-hydrogen) atoms. The summed E-state index contributed by atoms with van der Waals surface area (Å²) in [6, 6.07) is 5.66. The van der Waals surface area contributed by atoms with Gasteiger partial charge >= 0.3 is 0 Å². The molecule has 0 radical (unpaired) electrons. The molecule has 1 aromatic carbocycles. The van der Waals surface area contributed by atoms with E-state index in [1.165, 1.54) is 12.8 Å². The Bertz CT molecular complexity index is 610. The SMILES string of the molecule is CN(Cc1ccc(Cl)c(Cl)c1)Cc1nnc(C2CC2)o1. The Labute approximate surface area is 127 Å². The third-order valence-corrected chi connectivity index (χ3v) is 3.99. The van der Waals surface area contributed by atoms with Gasteiger partial charge in [-0.1, -0.05) is 29.3 Å². The predicted octanol–water partition coefficient (Wildman–Crippen LogP) is 3.89. The lowest BCUT2D eigenvalue weighted by Crippen LogP contribution is -2.17. The molecule has 1 aliphatic carbocycles. The van der Waals surface area contributed by atoms with E-state index in [1.807, 2.05) is 25.2 Å². The van der Waals surface area contributed by atoms with Gasteiger partial charge in [0.25, 0.3) is 0 Å². The summed E-state index contributed by atoms with van der Waals surface area (Å²) in [6.45, 7) is 1.37. The molecule has 4 nitrogen and oxygen atoms in total. The van der Waals surface area contributed by atoms with E-state index in [9.17, 15) is 0 Å². The van der Waals surface area contributed by atoms with Crippen molar-refractivity contribution in [3.63, 3.8) is 0 Å². The van der Waals surface area contributed by atoms with E-state index in [1.54, 1.807) is 0 Å². The summed E-state index contributed by atoms with van der Waals surface area (Å²) < 4.78 is 5.65. The molecule has 0 saturated heterocycles. The minimum absolute atomic E-state index is 0.497. The molecule has 106 valence electrons. The van der Waals surface area contributed by atoms with Crippen molar-refractivity contribution >= 4 is 23.2 Å². The van der Waals surface area contributed by atoms with Crippen LogP contribution >= 0.6 is 23.2 Å². The van der Waals surface area contributed by atoms with Gasteiger partial charge in [-0.15, -0.1) is 10.2 Å². The number of rotatable bonds is 5. The summed E-state index contributed by atoms with van der Waals surface area (Å²) in [6.07, 6.45) is 2.33. The lowest BCUT2D eigenvalue weighted by Gasteiger charge is -2.14. The fourth-order valence-corrected chi connectivity index (χ4v) is 2.38. The summed E-state index contributed by atoms with van der Waals surface area (Å²) in [5.74, 6) is 1.94. The number of benzene rings is 1. The third-order valence-electron chi connectivity index (χ3n) is 3.25. The van der Waals surface area contributed by atoms with Crippen LogP contribution in [-0.4, -0.2) is 22.1 Å². The van der Waals surface area contributed by atoms with Gasteiger partial charge in [-0.3, -0.25) is 4.90 Å². The molecular weight excluding hydrogens is 297 g/mol. The molecule has 0 amide bonds. The molecule has 0 bridgehead atoms. The van der Waals surface area contributed by atoms with Crippen molar-refractivity contribution in [1.82, 2.24) is 15.1 Å². The molecule has 1 aliphatic rings. The van der Waals surface area contributed by atoms with Crippen molar-refractivity contribution in [2.45, 2.75) is 31.8 Å². The highest BCUT2D eigenvalue weighted by molar-refractivity contribution is 6.42. The van der Waals surface area contributed by atoms with E-state index < -0.39 is 0 Å². The molecule has 2 aromatic rings. The Morgan fingerprint density at radius 2 is 2.00 bits per heavy atom. The Balaban J connectivity index is 1.60. The van der Waals surface area contributed by atoms with E-state index in [2.05, 4.69) is 15.1 Å². The van der Waals surface area contributed by atoms with Gasteiger partial charge in [-0.25, -0.2) is 0 Å². The van der Waals surface area contributed by atoms with Crippen LogP contribution in [0.15, 0.2) is 22.6 Å². The summed E-state index contributed by atoms with van der Waals surface area (Å²) in [4.78, 5) is 2.10. The Morgan fingerprint density at radius 1 is 1.20 bits per heavy atom. The van der Waals surface area contributed by atoms with Gasteiger partial charge in [0.05, 0.1) is 16.6 Å². The molecule has 0 aliphatic heterocycles. The Morgan fingerprint density at radius 3 is 2.70 bits per heavy atom. The monoisotopic (exact) mass is 311 g/mol. The number of hydrogen-bond donors (Lipinski definition) is 0. The third kappa shape index (κ3) is 3.32. The second kappa shape index (κ2) is 5.72. The topological polar surface area (TPSA) is 42.2 Å². The van der Waals surface area contributed by atoms with Crippen molar-refractivity contribution in [1.29, 1.82) is 0 Å². The van der Waals surface area contributed by atoms with Crippen LogP contribution in [0.4, 0.5) is 0 Å². The summed E-state index contributed by atoms with van der Waals surface area (Å²) >= 11 is 11.9. The van der Waals surface area contributed by atoms with Crippen molar-refractivity contribution in [2.75, 3.05) is 7.05 Å². The molecule has 6 heteroatoms. The molecule has 1 heterocycles. The summed E-state index contributed by atoms with van der Waals surface area (Å²) in [7, 11) is 2.00. The second-order valence-corrected chi connectivity index (χ2v) is 6.04. The zero-order chi connectivity index (χ0) is 14.1. The van der Waals surface area contributed by atoms with Gasteiger partial charge in [-0.05, 0) is 37.6 Å². The first kappa shape index (κ1) is 13.9. The smallest absolute Gasteiger partial charge is 0.230 e. The molecule has 0 N–H and O–H groups in total. The van der Waals surface area contributed by atoms with Gasteiger partial charge in [-0.2, -0.15) is 0 Å². The average Bonchev–Trinajstić information content (AvgIpc) is 3.15. The highest BCUT2D eigenvalue weighted by Gasteiger charge is 2.29. The first-order valence-electron chi connectivity index (χ1n) is 6.56. The van der Waals surface area contributed by atoms with Gasteiger partial charge < -0.3 is 4.42 Å². The fraction of sp³-hybridized carbons (Fsp3) is 0.429. The van der Waals surface area contributed by atoms with Crippen molar-refractivity contribution in [3.05, 3.63) is 45.6 Å². The molecule has 1 fully saturated rings. The fourth-order valence-electron chi connectivity index (χ4n) is 2.06. The molecular formula is C14H15Cl2N3O. The van der Waals surface area contributed by atoms with Crippen LogP contribution in [-0.2, 0) is 13.1 Å². The maximum Gasteiger partial charge on any atom is 0.230 e. The molecule has 3 rings (SSSR count). The predicted molar refractivity (Wildman–Crippen MR) is 77.9 cm³/mol. The van der Waals surface area contributed by atoms with Gasteiger partial charge in [0.1, 0.15) is 0 Å². The van der Waals surface area contributed by atoms with Crippen LogP contribution in [0.1, 0.15) is 36.1 Å². The second-order valence-electron chi connectivity index (χ2n) is 5.23. The van der Waals surface area contributed by atoms with Crippen molar-refractivity contribution < 1.29 is 4.42 Å². The number of aromatic nitrogens is 2. The van der Waals surface area contributed by atoms with Crippen molar-refractivity contribution in [3.8, 4) is 0 Å². The van der Waals surface area contributed by atoms with Crippen LogP contribution in [0.2, 0.25) is 10.0 Å². The first-order chi connectivity index (χ1) is 9.61. The van der Waals surface area contributed by atoms with Crippen LogP contribution in [0.3, 0.4) is 0 Å². The number of hydrogen-bond acceptors (Lipinski definition) is 4. The zero-order valence-electron chi connectivity index (χ0n) is 11.1. The highest BCUT2D eigenvalue weighted by Crippen LogP contribution is 2.39. The quantitative estimate of drug-likeness (QED) is 0.840. The number of nitrogens with zero attached hydrogens (tertiary/aromatic N) is 3. The van der Waals surface area contributed by atoms with Crippen LogP contribution in [0.25, 0.3) is 0 Å². The van der Waals surface area contributed by atoms with Crippen molar-refractivity contribution in [2.24, 2.45) is 0 Å². The summed E-state index contributed by atoms with van der Waals surface area (Å²) in [5.41, 5.74) is 1.10. The van der Waals surface area contributed by atoms with E-state index >= 15 is 0 Å². The van der Waals surface area contributed by atoms with E-state index in [0.29, 0.717) is 28.4 Å². The standard InChI is InChI=1S/C14H15Cl2N3O/c1-19(7-9-2-5-11(15)12(16)6-9)8-13-17-18-14(20-13)10-3-4-10/h2,5-6,10H,3-4,7-8H2,1H3. The zero-order valence-corrected chi connectivity index (χ0v) is 12.7. The average molecular weight is 312 g/mol. The molecule has 1 aromatic heterocycles. The van der Waals surface area contributed by atoms with Gasteiger partial charge in [0, 0.05) is 12.5 Å². The lowest BCUT2D eigenvalue weighted by molar-refractivity contribution is 0.277. The van der Waals surface area contributed by atoms with E-state index in [4.69, 9.17) is 27.6 Å². The maximum absolute atomic E-state index is 6.01. The largest absolute Gasteiger partial charge is 0.424 e. The molecule has 1 saturated carbocycles. The van der Waals surface area contributed by atoms with Crippen LogP contribution < -0.4 is 0 Å².